The van der Waals surface area contributed by atoms with Crippen LogP contribution in [0.3, 0.4) is 0 Å². The molecule has 1 amide bonds. The van der Waals surface area contributed by atoms with E-state index in [9.17, 15) is 4.79 Å². The normalized spacial score (nSPS) is 35.5. The van der Waals surface area contributed by atoms with E-state index in [1.54, 1.807) is 0 Å². The van der Waals surface area contributed by atoms with Crippen LogP contribution in [-0.4, -0.2) is 66.6 Å². The minimum absolute atomic E-state index is 0.145. The van der Waals surface area contributed by atoms with Crippen molar-refractivity contribution < 1.29 is 4.79 Å². The standard InChI is InChI=1S/C16H30N4O/c1-19-9-6-13(7-10-19)20(2)14-5-8-16(11-14,15(17)21)18-12-3-4-12/h12-14,18H,3-11H2,1-2H3,(H2,17,21). The molecule has 3 N–H and O–H groups in total. The maximum atomic E-state index is 12.0. The van der Waals surface area contributed by atoms with Crippen LogP contribution in [0.25, 0.3) is 0 Å². The number of hydrogen-bond acceptors (Lipinski definition) is 4. The molecule has 0 aromatic rings. The number of primary amides is 1. The van der Waals surface area contributed by atoms with Gasteiger partial charge in [-0.3, -0.25) is 4.79 Å². The molecule has 3 fully saturated rings. The van der Waals surface area contributed by atoms with E-state index in [4.69, 9.17) is 5.73 Å². The molecule has 1 saturated heterocycles. The fourth-order valence-corrected chi connectivity index (χ4v) is 4.11. The van der Waals surface area contributed by atoms with E-state index >= 15 is 0 Å². The summed E-state index contributed by atoms with van der Waals surface area (Å²) in [5.41, 5.74) is 5.30. The molecule has 120 valence electrons. The fraction of sp³-hybridized carbons (Fsp3) is 0.938. The van der Waals surface area contributed by atoms with E-state index in [1.807, 2.05) is 0 Å². The SMILES string of the molecule is CN1CCC(N(C)C2CCC(NC3CC3)(C(N)=O)C2)CC1. The molecule has 3 aliphatic rings. The highest BCUT2D eigenvalue weighted by Crippen LogP contribution is 2.37. The van der Waals surface area contributed by atoms with Crippen LogP contribution in [0.1, 0.15) is 44.9 Å². The van der Waals surface area contributed by atoms with Gasteiger partial charge in [0.05, 0.1) is 5.54 Å². The lowest BCUT2D eigenvalue weighted by Gasteiger charge is -2.39. The average molecular weight is 294 g/mol. The number of likely N-dealkylation sites (tertiary alicyclic amines) is 1. The molecular weight excluding hydrogens is 264 g/mol. The van der Waals surface area contributed by atoms with Crippen LogP contribution in [0.15, 0.2) is 0 Å². The van der Waals surface area contributed by atoms with Gasteiger partial charge >= 0.3 is 0 Å². The van der Waals surface area contributed by atoms with Gasteiger partial charge in [0.2, 0.25) is 5.91 Å². The molecule has 0 spiro atoms. The highest BCUT2D eigenvalue weighted by molar-refractivity contribution is 5.85. The number of nitrogens with zero attached hydrogens (tertiary/aromatic N) is 2. The van der Waals surface area contributed by atoms with E-state index < -0.39 is 5.54 Å². The van der Waals surface area contributed by atoms with Crippen molar-refractivity contribution in [3.8, 4) is 0 Å². The minimum Gasteiger partial charge on any atom is -0.368 e. The van der Waals surface area contributed by atoms with Crippen LogP contribution in [-0.2, 0) is 4.79 Å². The number of hydrogen-bond donors (Lipinski definition) is 2. The van der Waals surface area contributed by atoms with Gasteiger partial charge in [-0.2, -0.15) is 0 Å². The van der Waals surface area contributed by atoms with Crippen LogP contribution in [0.2, 0.25) is 0 Å². The Hall–Kier alpha value is -0.650. The predicted molar refractivity (Wildman–Crippen MR) is 84.0 cm³/mol. The first kappa shape index (κ1) is 15.3. The Bertz CT molecular complexity index is 390. The lowest BCUT2D eigenvalue weighted by atomic mass is 9.95. The number of carbonyl (C=O) groups is 1. The molecular formula is C16H30N4O. The van der Waals surface area contributed by atoms with Crippen LogP contribution in [0.4, 0.5) is 0 Å². The zero-order valence-electron chi connectivity index (χ0n) is 13.5. The van der Waals surface area contributed by atoms with Crippen molar-refractivity contribution in [2.75, 3.05) is 27.2 Å². The Morgan fingerprint density at radius 1 is 1.19 bits per heavy atom. The smallest absolute Gasteiger partial charge is 0.237 e. The first-order valence-electron chi connectivity index (χ1n) is 8.48. The van der Waals surface area contributed by atoms with Crippen molar-refractivity contribution in [2.24, 2.45) is 5.73 Å². The molecule has 0 aromatic carbocycles. The Labute approximate surface area is 128 Å². The minimum atomic E-state index is -0.439. The van der Waals surface area contributed by atoms with Crippen LogP contribution in [0.5, 0.6) is 0 Å². The molecule has 2 aliphatic carbocycles. The lowest BCUT2D eigenvalue weighted by molar-refractivity contribution is -0.124. The molecule has 0 bridgehead atoms. The molecule has 0 aromatic heterocycles. The summed E-state index contributed by atoms with van der Waals surface area (Å²) in [5, 5.41) is 3.55. The topological polar surface area (TPSA) is 61.6 Å². The summed E-state index contributed by atoms with van der Waals surface area (Å²) >= 11 is 0. The molecule has 0 radical (unpaired) electrons. The van der Waals surface area contributed by atoms with Crippen molar-refractivity contribution in [1.29, 1.82) is 0 Å². The second kappa shape index (κ2) is 5.86. The third kappa shape index (κ3) is 3.25. The molecule has 2 saturated carbocycles. The van der Waals surface area contributed by atoms with E-state index in [0.29, 0.717) is 18.1 Å². The number of amides is 1. The first-order valence-corrected chi connectivity index (χ1v) is 8.48. The Morgan fingerprint density at radius 3 is 2.43 bits per heavy atom. The van der Waals surface area contributed by atoms with Gasteiger partial charge in [-0.05, 0) is 72.1 Å². The highest BCUT2D eigenvalue weighted by Gasteiger charge is 2.48. The zero-order chi connectivity index (χ0) is 15.0. The van der Waals surface area contributed by atoms with Crippen molar-refractivity contribution >= 4 is 5.91 Å². The summed E-state index contributed by atoms with van der Waals surface area (Å²) in [6, 6.07) is 1.69. The summed E-state index contributed by atoms with van der Waals surface area (Å²) < 4.78 is 0. The van der Waals surface area contributed by atoms with Crippen molar-refractivity contribution in [2.45, 2.75) is 68.6 Å². The molecule has 5 heteroatoms. The summed E-state index contributed by atoms with van der Waals surface area (Å²) in [7, 11) is 4.44. The van der Waals surface area contributed by atoms with E-state index in [-0.39, 0.29) is 5.91 Å². The Kier molecular flexibility index (Phi) is 4.26. The van der Waals surface area contributed by atoms with Gasteiger partial charge in [0.25, 0.3) is 0 Å². The second-order valence-corrected chi connectivity index (χ2v) is 7.46. The van der Waals surface area contributed by atoms with E-state index in [1.165, 1.54) is 38.8 Å². The van der Waals surface area contributed by atoms with Crippen LogP contribution < -0.4 is 11.1 Å². The maximum absolute atomic E-state index is 12.0. The van der Waals surface area contributed by atoms with Crippen molar-refractivity contribution in [3.63, 3.8) is 0 Å². The Balaban J connectivity index is 1.60. The predicted octanol–water partition coefficient (Wildman–Crippen LogP) is 0.541. The van der Waals surface area contributed by atoms with E-state index in [0.717, 1.165) is 19.3 Å². The van der Waals surface area contributed by atoms with Gasteiger partial charge in [-0.1, -0.05) is 0 Å². The summed E-state index contributed by atoms with van der Waals surface area (Å²) in [5.74, 6) is -0.145. The summed E-state index contributed by atoms with van der Waals surface area (Å²) in [6.45, 7) is 2.37. The number of rotatable bonds is 5. The molecule has 3 rings (SSSR count). The molecule has 2 unspecified atom stereocenters. The largest absolute Gasteiger partial charge is 0.368 e. The number of nitrogens with two attached hydrogens (primary N) is 1. The van der Waals surface area contributed by atoms with Gasteiger partial charge in [-0.15, -0.1) is 0 Å². The number of nitrogens with one attached hydrogen (secondary N) is 1. The van der Waals surface area contributed by atoms with Gasteiger partial charge in [0.1, 0.15) is 0 Å². The molecule has 21 heavy (non-hydrogen) atoms. The summed E-state index contributed by atoms with van der Waals surface area (Å²) in [6.07, 6.45) is 7.76. The highest BCUT2D eigenvalue weighted by atomic mass is 16.1. The van der Waals surface area contributed by atoms with Crippen LogP contribution >= 0.6 is 0 Å². The Morgan fingerprint density at radius 2 is 1.86 bits per heavy atom. The monoisotopic (exact) mass is 294 g/mol. The second-order valence-electron chi connectivity index (χ2n) is 7.46. The van der Waals surface area contributed by atoms with Crippen molar-refractivity contribution in [3.05, 3.63) is 0 Å². The van der Waals surface area contributed by atoms with E-state index in [2.05, 4.69) is 29.2 Å². The zero-order valence-corrected chi connectivity index (χ0v) is 13.5. The lowest BCUT2D eigenvalue weighted by Crippen LogP contribution is -2.56. The number of carbonyl (C=O) groups excluding carboxylic acids is 1. The van der Waals surface area contributed by atoms with Gasteiger partial charge in [0.15, 0.2) is 0 Å². The number of piperidine rings is 1. The molecule has 1 aliphatic heterocycles. The first-order chi connectivity index (χ1) is 10.00. The van der Waals surface area contributed by atoms with Gasteiger partial charge in [-0.25, -0.2) is 0 Å². The summed E-state index contributed by atoms with van der Waals surface area (Å²) in [4.78, 5) is 16.9. The third-order valence-corrected chi connectivity index (χ3v) is 5.86. The van der Waals surface area contributed by atoms with Gasteiger partial charge < -0.3 is 20.9 Å². The van der Waals surface area contributed by atoms with Crippen LogP contribution in [0, 0.1) is 0 Å². The maximum Gasteiger partial charge on any atom is 0.237 e. The fourth-order valence-electron chi connectivity index (χ4n) is 4.11. The van der Waals surface area contributed by atoms with Crippen molar-refractivity contribution in [1.82, 2.24) is 15.1 Å². The average Bonchev–Trinajstić information content (AvgIpc) is 3.15. The molecule has 5 nitrogen and oxygen atoms in total. The molecule has 2 atom stereocenters. The van der Waals surface area contributed by atoms with Gasteiger partial charge in [0, 0.05) is 18.1 Å². The quantitative estimate of drug-likeness (QED) is 0.777. The third-order valence-electron chi connectivity index (χ3n) is 5.86. The molecule has 1 heterocycles.